The second kappa shape index (κ2) is 9.70. The number of benzene rings is 2. The third-order valence-corrected chi connectivity index (χ3v) is 3.87. The first-order chi connectivity index (χ1) is 12.4. The van der Waals surface area contributed by atoms with Gasteiger partial charge in [-0.2, -0.15) is 5.06 Å². The van der Waals surface area contributed by atoms with Crippen molar-refractivity contribution < 1.29 is 14.8 Å². The van der Waals surface area contributed by atoms with Crippen molar-refractivity contribution in [1.82, 2.24) is 15.7 Å². The Hall–Kier alpha value is -2.70. The molecule has 138 valence electrons. The number of carbonyl (C=O) groups is 2. The quantitative estimate of drug-likeness (QED) is 0.632. The number of rotatable bonds is 8. The lowest BCUT2D eigenvalue weighted by Gasteiger charge is -2.14. The smallest absolute Gasteiger partial charge is 0.236 e. The minimum Gasteiger partial charge on any atom is -0.351 e. The first-order valence-electron chi connectivity index (χ1n) is 8.50. The van der Waals surface area contributed by atoms with Crippen LogP contribution in [0, 0.1) is 13.8 Å². The summed E-state index contributed by atoms with van der Waals surface area (Å²) < 4.78 is 0. The summed E-state index contributed by atoms with van der Waals surface area (Å²) in [5.41, 5.74) is 4.25. The van der Waals surface area contributed by atoms with Gasteiger partial charge in [-0.05, 0) is 25.0 Å². The van der Waals surface area contributed by atoms with Crippen LogP contribution in [0.4, 0.5) is 0 Å². The Labute approximate surface area is 153 Å². The topological polar surface area (TPSA) is 81.7 Å². The number of hydrogen-bond acceptors (Lipinski definition) is 4. The molecule has 0 saturated carbocycles. The maximum absolute atomic E-state index is 11.8. The third kappa shape index (κ3) is 7.04. The molecule has 3 N–H and O–H groups in total. The molecule has 0 heterocycles. The van der Waals surface area contributed by atoms with Crippen molar-refractivity contribution in [3.05, 3.63) is 70.8 Å². The van der Waals surface area contributed by atoms with E-state index in [1.54, 1.807) is 0 Å². The summed E-state index contributed by atoms with van der Waals surface area (Å²) in [6.07, 6.45) is 0. The van der Waals surface area contributed by atoms with Crippen LogP contribution < -0.4 is 10.6 Å². The van der Waals surface area contributed by atoms with E-state index in [2.05, 4.69) is 10.6 Å². The molecule has 0 saturated heterocycles. The lowest BCUT2D eigenvalue weighted by Crippen LogP contribution is -2.40. The molecule has 0 atom stereocenters. The zero-order valence-corrected chi connectivity index (χ0v) is 15.2. The molecule has 0 spiro atoms. The van der Waals surface area contributed by atoms with Crippen LogP contribution in [0.1, 0.15) is 22.3 Å². The predicted molar refractivity (Wildman–Crippen MR) is 99.4 cm³/mol. The van der Waals surface area contributed by atoms with E-state index >= 15 is 0 Å². The summed E-state index contributed by atoms with van der Waals surface area (Å²) in [4.78, 5) is 23.7. The summed E-state index contributed by atoms with van der Waals surface area (Å²) in [7, 11) is 0. The van der Waals surface area contributed by atoms with Crippen molar-refractivity contribution in [3.63, 3.8) is 0 Å². The SMILES string of the molecule is Cc1ccc(CNC(=O)CN(O)CC(=O)NCc2ccc(C)cc2)cc1. The number of nitrogens with one attached hydrogen (secondary N) is 2. The zero-order chi connectivity index (χ0) is 18.9. The Morgan fingerprint density at radius 1 is 0.769 bits per heavy atom. The third-order valence-electron chi connectivity index (χ3n) is 3.87. The summed E-state index contributed by atoms with van der Waals surface area (Å²) in [5, 5.41) is 15.9. The molecule has 0 aromatic heterocycles. The standard InChI is InChI=1S/C20H25N3O3/c1-15-3-7-17(8-4-15)11-21-19(24)13-23(26)14-20(25)22-12-18-9-5-16(2)6-10-18/h3-10,26H,11-14H2,1-2H3,(H,21,24)(H,22,25). The maximum Gasteiger partial charge on any atom is 0.236 e. The highest BCUT2D eigenvalue weighted by Gasteiger charge is 2.12. The fourth-order valence-corrected chi connectivity index (χ4v) is 2.31. The van der Waals surface area contributed by atoms with E-state index in [4.69, 9.17) is 0 Å². The van der Waals surface area contributed by atoms with Crippen molar-refractivity contribution in [3.8, 4) is 0 Å². The van der Waals surface area contributed by atoms with Gasteiger partial charge in [0.2, 0.25) is 11.8 Å². The molecular formula is C20H25N3O3. The lowest BCUT2D eigenvalue weighted by molar-refractivity contribution is -0.146. The molecular weight excluding hydrogens is 330 g/mol. The van der Waals surface area contributed by atoms with Gasteiger partial charge in [-0.15, -0.1) is 0 Å². The van der Waals surface area contributed by atoms with Crippen LogP contribution in [-0.2, 0) is 22.7 Å². The highest BCUT2D eigenvalue weighted by Crippen LogP contribution is 2.03. The predicted octanol–water partition coefficient (Wildman–Crippen LogP) is 1.93. The number of nitrogens with zero attached hydrogens (tertiary/aromatic N) is 1. The van der Waals surface area contributed by atoms with Gasteiger partial charge in [-0.25, -0.2) is 0 Å². The largest absolute Gasteiger partial charge is 0.351 e. The summed E-state index contributed by atoms with van der Waals surface area (Å²) in [6.45, 7) is 4.23. The van der Waals surface area contributed by atoms with Crippen LogP contribution in [0.15, 0.2) is 48.5 Å². The molecule has 0 radical (unpaired) electrons. The highest BCUT2D eigenvalue weighted by molar-refractivity contribution is 5.80. The minimum absolute atomic E-state index is 0.260. The van der Waals surface area contributed by atoms with Gasteiger partial charge in [0.15, 0.2) is 0 Å². The van der Waals surface area contributed by atoms with Gasteiger partial charge < -0.3 is 15.8 Å². The Balaban J connectivity index is 1.67. The van der Waals surface area contributed by atoms with Crippen LogP contribution in [0.2, 0.25) is 0 Å². The number of hydrogen-bond donors (Lipinski definition) is 3. The monoisotopic (exact) mass is 355 g/mol. The molecule has 6 heteroatoms. The van der Waals surface area contributed by atoms with Crippen LogP contribution in [0.5, 0.6) is 0 Å². The van der Waals surface area contributed by atoms with Crippen molar-refractivity contribution >= 4 is 11.8 Å². The van der Waals surface area contributed by atoms with Crippen molar-refractivity contribution in [2.75, 3.05) is 13.1 Å². The van der Waals surface area contributed by atoms with Crippen LogP contribution in [-0.4, -0.2) is 35.2 Å². The molecule has 0 unspecified atom stereocenters. The molecule has 26 heavy (non-hydrogen) atoms. The highest BCUT2D eigenvalue weighted by atomic mass is 16.5. The molecule has 0 bridgehead atoms. The van der Waals surface area contributed by atoms with E-state index in [1.165, 1.54) is 0 Å². The van der Waals surface area contributed by atoms with Gasteiger partial charge in [-0.1, -0.05) is 59.7 Å². The van der Waals surface area contributed by atoms with E-state index in [0.29, 0.717) is 18.2 Å². The van der Waals surface area contributed by atoms with Gasteiger partial charge in [0, 0.05) is 13.1 Å². The second-order valence-corrected chi connectivity index (χ2v) is 6.35. The van der Waals surface area contributed by atoms with Gasteiger partial charge in [0.1, 0.15) is 13.1 Å². The van der Waals surface area contributed by atoms with E-state index in [9.17, 15) is 14.8 Å². The fraction of sp³-hybridized carbons (Fsp3) is 0.300. The lowest BCUT2D eigenvalue weighted by atomic mass is 10.1. The van der Waals surface area contributed by atoms with Crippen LogP contribution >= 0.6 is 0 Å². The van der Waals surface area contributed by atoms with Gasteiger partial charge >= 0.3 is 0 Å². The number of hydroxylamine groups is 2. The van der Waals surface area contributed by atoms with E-state index in [1.807, 2.05) is 62.4 Å². The summed E-state index contributed by atoms with van der Waals surface area (Å²) in [5.74, 6) is -0.696. The van der Waals surface area contributed by atoms with Gasteiger partial charge in [-0.3, -0.25) is 9.59 Å². The maximum atomic E-state index is 11.8. The number of carbonyl (C=O) groups excluding carboxylic acids is 2. The Morgan fingerprint density at radius 2 is 1.12 bits per heavy atom. The van der Waals surface area contributed by atoms with Crippen LogP contribution in [0.25, 0.3) is 0 Å². The van der Waals surface area contributed by atoms with Crippen molar-refractivity contribution in [2.24, 2.45) is 0 Å². The Bertz CT molecular complexity index is 663. The van der Waals surface area contributed by atoms with E-state index in [0.717, 1.165) is 22.3 Å². The average Bonchev–Trinajstić information content (AvgIpc) is 2.60. The molecule has 2 aromatic rings. The van der Waals surface area contributed by atoms with Gasteiger partial charge in [0.25, 0.3) is 0 Å². The molecule has 0 aliphatic heterocycles. The van der Waals surface area contributed by atoms with E-state index < -0.39 is 0 Å². The Morgan fingerprint density at radius 3 is 1.46 bits per heavy atom. The normalized spacial score (nSPS) is 10.6. The number of aryl methyl sites for hydroxylation is 2. The fourth-order valence-electron chi connectivity index (χ4n) is 2.31. The zero-order valence-electron chi connectivity index (χ0n) is 15.2. The number of amides is 2. The van der Waals surface area contributed by atoms with E-state index in [-0.39, 0.29) is 24.9 Å². The van der Waals surface area contributed by atoms with Crippen molar-refractivity contribution in [1.29, 1.82) is 0 Å². The molecule has 6 nitrogen and oxygen atoms in total. The molecule has 0 aliphatic carbocycles. The second-order valence-electron chi connectivity index (χ2n) is 6.35. The average molecular weight is 355 g/mol. The molecule has 0 aliphatic rings. The summed E-state index contributed by atoms with van der Waals surface area (Å²) >= 11 is 0. The minimum atomic E-state index is -0.348. The molecule has 0 fully saturated rings. The Kier molecular flexibility index (Phi) is 7.32. The van der Waals surface area contributed by atoms with Gasteiger partial charge in [0.05, 0.1) is 0 Å². The summed E-state index contributed by atoms with van der Waals surface area (Å²) in [6, 6.07) is 15.6. The van der Waals surface area contributed by atoms with Crippen molar-refractivity contribution in [2.45, 2.75) is 26.9 Å². The molecule has 2 amide bonds. The molecule has 2 aromatic carbocycles. The first-order valence-corrected chi connectivity index (χ1v) is 8.50. The van der Waals surface area contributed by atoms with Crippen LogP contribution in [0.3, 0.4) is 0 Å². The molecule has 2 rings (SSSR count). The first kappa shape index (κ1) is 19.6.